The molecule has 1 amide bonds. The van der Waals surface area contributed by atoms with Crippen molar-refractivity contribution in [3.8, 4) is 0 Å². The number of nitrogens with two attached hydrogens (primary N) is 1. The van der Waals surface area contributed by atoms with Gasteiger partial charge < -0.3 is 11.1 Å². The molecule has 0 spiro atoms. The van der Waals surface area contributed by atoms with Crippen LogP contribution in [0.15, 0.2) is 12.1 Å². The Bertz CT molecular complexity index is 376. The number of carbonyl (C=O) groups excluding carboxylic acids is 1. The maximum atomic E-state index is 11.5. The Balaban J connectivity index is 2.60. The Morgan fingerprint density at radius 1 is 1.24 bits per heavy atom. The Hall–Kier alpha value is -1.35. The summed E-state index contributed by atoms with van der Waals surface area (Å²) in [4.78, 5) is 11.5. The van der Waals surface area contributed by atoms with Crippen LogP contribution in [0.1, 0.15) is 35.1 Å². The Morgan fingerprint density at radius 3 is 2.35 bits per heavy atom. The van der Waals surface area contributed by atoms with E-state index in [0.717, 1.165) is 6.42 Å². The number of hydrogen-bond donors (Lipinski definition) is 2. The van der Waals surface area contributed by atoms with Gasteiger partial charge in [-0.25, -0.2) is 0 Å². The predicted octanol–water partition coefficient (Wildman–Crippen LogP) is 1.97. The van der Waals surface area contributed by atoms with Gasteiger partial charge in [0.05, 0.1) is 0 Å². The van der Waals surface area contributed by atoms with E-state index >= 15 is 0 Å². The third-order valence-corrected chi connectivity index (χ3v) is 2.91. The fraction of sp³-hybridized carbons (Fsp3) is 0.500. The Morgan fingerprint density at radius 2 is 1.82 bits per heavy atom. The van der Waals surface area contributed by atoms with E-state index < -0.39 is 0 Å². The summed E-state index contributed by atoms with van der Waals surface area (Å²) in [6.45, 7) is 7.43. The molecular formula is C14H22N2O. The topological polar surface area (TPSA) is 55.1 Å². The molecule has 0 saturated heterocycles. The second kappa shape index (κ2) is 6.40. The van der Waals surface area contributed by atoms with E-state index in [9.17, 15) is 4.79 Å². The van der Waals surface area contributed by atoms with Gasteiger partial charge in [-0.1, -0.05) is 17.7 Å². The number of hydrogen-bond acceptors (Lipinski definition) is 2. The fourth-order valence-electron chi connectivity index (χ4n) is 2.03. The zero-order valence-electron chi connectivity index (χ0n) is 11.0. The van der Waals surface area contributed by atoms with Gasteiger partial charge in [-0.2, -0.15) is 0 Å². The molecule has 1 aromatic rings. The van der Waals surface area contributed by atoms with Crippen molar-refractivity contribution >= 4 is 5.91 Å². The summed E-state index contributed by atoms with van der Waals surface area (Å²) in [5.41, 5.74) is 10.3. The van der Waals surface area contributed by atoms with Crippen molar-refractivity contribution in [2.75, 3.05) is 6.54 Å². The van der Waals surface area contributed by atoms with Crippen molar-refractivity contribution in [3.63, 3.8) is 0 Å². The molecule has 0 aromatic heterocycles. The first-order chi connectivity index (χ1) is 8.04. The van der Waals surface area contributed by atoms with Gasteiger partial charge in [0.2, 0.25) is 5.91 Å². The molecule has 0 aliphatic heterocycles. The van der Waals surface area contributed by atoms with E-state index in [1.165, 1.54) is 22.3 Å². The molecule has 0 aliphatic rings. The number of carbonyl (C=O) groups is 1. The first kappa shape index (κ1) is 13.7. The van der Waals surface area contributed by atoms with E-state index in [0.29, 0.717) is 19.5 Å². The fourth-order valence-corrected chi connectivity index (χ4v) is 2.03. The normalized spacial score (nSPS) is 10.4. The van der Waals surface area contributed by atoms with Crippen molar-refractivity contribution in [1.82, 2.24) is 5.32 Å². The Labute approximate surface area is 103 Å². The van der Waals surface area contributed by atoms with Crippen molar-refractivity contribution in [3.05, 3.63) is 34.4 Å². The quantitative estimate of drug-likeness (QED) is 0.818. The molecule has 0 unspecified atom stereocenters. The highest BCUT2D eigenvalue weighted by molar-refractivity contribution is 5.75. The van der Waals surface area contributed by atoms with E-state index in [1.54, 1.807) is 0 Å². The molecular weight excluding hydrogens is 212 g/mol. The van der Waals surface area contributed by atoms with Crippen LogP contribution in [-0.2, 0) is 11.3 Å². The van der Waals surface area contributed by atoms with Gasteiger partial charge in [-0.3, -0.25) is 4.79 Å². The molecule has 0 aliphatic carbocycles. The van der Waals surface area contributed by atoms with Gasteiger partial charge >= 0.3 is 0 Å². The minimum absolute atomic E-state index is 0.0785. The standard InChI is InChI=1S/C14H22N2O/c1-10-7-11(2)13(12(3)8-10)9-16-14(17)5-4-6-15/h7-8H,4-6,9,15H2,1-3H3,(H,16,17). The van der Waals surface area contributed by atoms with E-state index in [1.807, 2.05) is 0 Å². The highest BCUT2D eigenvalue weighted by atomic mass is 16.1. The predicted molar refractivity (Wildman–Crippen MR) is 70.8 cm³/mol. The van der Waals surface area contributed by atoms with E-state index in [4.69, 9.17) is 5.73 Å². The molecule has 1 aromatic carbocycles. The number of aryl methyl sites for hydroxylation is 3. The third-order valence-electron chi connectivity index (χ3n) is 2.91. The summed E-state index contributed by atoms with van der Waals surface area (Å²) in [7, 11) is 0. The van der Waals surface area contributed by atoms with Crippen LogP contribution in [-0.4, -0.2) is 12.5 Å². The lowest BCUT2D eigenvalue weighted by atomic mass is 10.00. The second-order valence-corrected chi connectivity index (χ2v) is 4.55. The van der Waals surface area contributed by atoms with Crippen LogP contribution in [0.4, 0.5) is 0 Å². The maximum absolute atomic E-state index is 11.5. The average Bonchev–Trinajstić information content (AvgIpc) is 2.24. The molecule has 0 atom stereocenters. The second-order valence-electron chi connectivity index (χ2n) is 4.55. The van der Waals surface area contributed by atoms with Gasteiger partial charge in [0, 0.05) is 13.0 Å². The molecule has 0 radical (unpaired) electrons. The Kier molecular flexibility index (Phi) is 5.16. The molecule has 0 saturated carbocycles. The van der Waals surface area contributed by atoms with Crippen molar-refractivity contribution in [2.45, 2.75) is 40.2 Å². The molecule has 1 rings (SSSR count). The number of amides is 1. The molecule has 94 valence electrons. The summed E-state index contributed by atoms with van der Waals surface area (Å²) >= 11 is 0. The van der Waals surface area contributed by atoms with E-state index in [-0.39, 0.29) is 5.91 Å². The average molecular weight is 234 g/mol. The van der Waals surface area contributed by atoms with Gasteiger partial charge in [-0.15, -0.1) is 0 Å². The number of benzene rings is 1. The van der Waals surface area contributed by atoms with Crippen molar-refractivity contribution in [2.24, 2.45) is 5.73 Å². The lowest BCUT2D eigenvalue weighted by molar-refractivity contribution is -0.121. The van der Waals surface area contributed by atoms with Gasteiger partial charge in [0.15, 0.2) is 0 Å². The minimum Gasteiger partial charge on any atom is -0.352 e. The van der Waals surface area contributed by atoms with Crippen LogP contribution in [0.5, 0.6) is 0 Å². The number of nitrogens with one attached hydrogen (secondary N) is 1. The summed E-state index contributed by atoms with van der Waals surface area (Å²) in [5.74, 6) is 0.0785. The van der Waals surface area contributed by atoms with Gasteiger partial charge in [-0.05, 0) is 50.4 Å². The molecule has 3 heteroatoms. The molecule has 0 bridgehead atoms. The molecule has 3 nitrogen and oxygen atoms in total. The van der Waals surface area contributed by atoms with Crippen LogP contribution in [0.25, 0.3) is 0 Å². The van der Waals surface area contributed by atoms with Crippen molar-refractivity contribution in [1.29, 1.82) is 0 Å². The lowest BCUT2D eigenvalue weighted by Crippen LogP contribution is -2.24. The maximum Gasteiger partial charge on any atom is 0.220 e. The van der Waals surface area contributed by atoms with Crippen LogP contribution in [0, 0.1) is 20.8 Å². The minimum atomic E-state index is 0.0785. The smallest absolute Gasteiger partial charge is 0.220 e. The summed E-state index contributed by atoms with van der Waals surface area (Å²) < 4.78 is 0. The largest absolute Gasteiger partial charge is 0.352 e. The molecule has 17 heavy (non-hydrogen) atoms. The highest BCUT2D eigenvalue weighted by Crippen LogP contribution is 2.15. The molecule has 0 heterocycles. The van der Waals surface area contributed by atoms with Crippen LogP contribution < -0.4 is 11.1 Å². The summed E-state index contributed by atoms with van der Waals surface area (Å²) in [6, 6.07) is 4.29. The first-order valence-electron chi connectivity index (χ1n) is 6.08. The zero-order chi connectivity index (χ0) is 12.8. The van der Waals surface area contributed by atoms with Gasteiger partial charge in [0.1, 0.15) is 0 Å². The lowest BCUT2D eigenvalue weighted by Gasteiger charge is -2.12. The van der Waals surface area contributed by atoms with Crippen molar-refractivity contribution < 1.29 is 4.79 Å². The molecule has 0 fully saturated rings. The zero-order valence-corrected chi connectivity index (χ0v) is 11.0. The summed E-state index contributed by atoms with van der Waals surface area (Å²) in [5, 5.41) is 2.94. The van der Waals surface area contributed by atoms with Crippen LogP contribution >= 0.6 is 0 Å². The SMILES string of the molecule is Cc1cc(C)c(CNC(=O)CCCN)c(C)c1. The highest BCUT2D eigenvalue weighted by Gasteiger charge is 2.06. The number of rotatable bonds is 5. The van der Waals surface area contributed by atoms with Gasteiger partial charge in [0.25, 0.3) is 0 Å². The van der Waals surface area contributed by atoms with Crippen LogP contribution in [0.3, 0.4) is 0 Å². The van der Waals surface area contributed by atoms with E-state index in [2.05, 4.69) is 38.2 Å². The third kappa shape index (κ3) is 4.19. The first-order valence-corrected chi connectivity index (χ1v) is 6.08. The summed E-state index contributed by atoms with van der Waals surface area (Å²) in [6.07, 6.45) is 1.26. The van der Waals surface area contributed by atoms with Crippen LogP contribution in [0.2, 0.25) is 0 Å². The monoisotopic (exact) mass is 234 g/mol. The molecule has 3 N–H and O–H groups in total.